The molecule has 0 radical (unpaired) electrons. The molecule has 0 heterocycles. The molecule has 102 valence electrons. The quantitative estimate of drug-likeness (QED) is 0.743. The molecule has 1 N–H and O–H groups in total. The molecule has 0 aromatic carbocycles. The zero-order chi connectivity index (χ0) is 12.9. The Kier molecular flexibility index (Phi) is 5.29. The lowest BCUT2D eigenvalue weighted by Gasteiger charge is -2.37. The fourth-order valence-electron chi connectivity index (χ4n) is 3.29. The molecule has 4 heteroatoms. The normalized spacial score (nSPS) is 21.7. The fourth-order valence-corrected chi connectivity index (χ4v) is 3.29. The van der Waals surface area contributed by atoms with E-state index >= 15 is 0 Å². The van der Waals surface area contributed by atoms with E-state index in [0.717, 1.165) is 6.42 Å². The Bertz CT molecular complexity index is 219. The lowest BCUT2D eigenvalue weighted by atomic mass is 9.74. The summed E-state index contributed by atoms with van der Waals surface area (Å²) in [6.45, 7) is 2.17. The van der Waals surface area contributed by atoms with Gasteiger partial charge in [-0.05, 0) is 44.6 Å². The Morgan fingerprint density at radius 2 is 1.82 bits per heavy atom. The molecule has 1 saturated carbocycles. The smallest absolute Gasteiger partial charge is 0.316 e. The van der Waals surface area contributed by atoms with Crippen molar-refractivity contribution >= 4 is 0 Å². The minimum atomic E-state index is -4.01. The van der Waals surface area contributed by atoms with Crippen molar-refractivity contribution in [1.29, 1.82) is 0 Å². The summed E-state index contributed by atoms with van der Waals surface area (Å²) in [5, 5.41) is 3.25. The second-order valence-electron chi connectivity index (χ2n) is 5.27. The van der Waals surface area contributed by atoms with Gasteiger partial charge in [-0.25, -0.2) is 0 Å². The zero-order valence-electron chi connectivity index (χ0n) is 10.9. The standard InChI is InChI=1S/C13H24F3N/c1-3-12(8-4-5-9-12)11(17-2)7-6-10-13(14,15)16/h11,17H,3-10H2,1-2H3. The van der Waals surface area contributed by atoms with E-state index in [4.69, 9.17) is 0 Å². The maximum absolute atomic E-state index is 12.1. The van der Waals surface area contributed by atoms with Gasteiger partial charge in [0.1, 0.15) is 0 Å². The molecule has 0 amide bonds. The molecule has 1 nitrogen and oxygen atoms in total. The summed E-state index contributed by atoms with van der Waals surface area (Å²) in [4.78, 5) is 0. The highest BCUT2D eigenvalue weighted by atomic mass is 19.4. The van der Waals surface area contributed by atoms with Gasteiger partial charge >= 0.3 is 6.18 Å². The highest BCUT2D eigenvalue weighted by Crippen LogP contribution is 2.45. The molecule has 0 spiro atoms. The molecule has 17 heavy (non-hydrogen) atoms. The molecule has 1 aliphatic carbocycles. The first-order valence-electron chi connectivity index (χ1n) is 6.67. The van der Waals surface area contributed by atoms with Crippen molar-refractivity contribution in [3.63, 3.8) is 0 Å². The summed E-state index contributed by atoms with van der Waals surface area (Å²) in [5.74, 6) is 0. The van der Waals surface area contributed by atoms with Gasteiger partial charge in [0.15, 0.2) is 0 Å². The number of halogens is 3. The van der Waals surface area contributed by atoms with E-state index in [1.54, 1.807) is 0 Å². The van der Waals surface area contributed by atoms with E-state index in [-0.39, 0.29) is 17.9 Å². The first kappa shape index (κ1) is 14.8. The Balaban J connectivity index is 2.47. The summed E-state index contributed by atoms with van der Waals surface area (Å²) in [5.41, 5.74) is 0.250. The molecule has 1 aliphatic rings. The SMILES string of the molecule is CCC1(C(CCCC(F)(F)F)NC)CCCC1. The topological polar surface area (TPSA) is 12.0 Å². The zero-order valence-corrected chi connectivity index (χ0v) is 10.9. The van der Waals surface area contributed by atoms with Gasteiger partial charge in [-0.2, -0.15) is 13.2 Å². The summed E-state index contributed by atoms with van der Waals surface area (Å²) in [6.07, 6.45) is 2.10. The van der Waals surface area contributed by atoms with Gasteiger partial charge in [0, 0.05) is 12.5 Å². The van der Waals surface area contributed by atoms with E-state index < -0.39 is 12.6 Å². The molecule has 0 saturated heterocycles. The average molecular weight is 251 g/mol. The predicted molar refractivity (Wildman–Crippen MR) is 63.9 cm³/mol. The van der Waals surface area contributed by atoms with Crippen LogP contribution in [-0.2, 0) is 0 Å². The first-order chi connectivity index (χ1) is 7.93. The molecule has 1 unspecified atom stereocenters. The number of rotatable bonds is 6. The van der Waals surface area contributed by atoms with Gasteiger partial charge < -0.3 is 5.32 Å². The molecular formula is C13H24F3N. The van der Waals surface area contributed by atoms with E-state index in [0.29, 0.717) is 6.42 Å². The maximum atomic E-state index is 12.1. The third-order valence-corrected chi connectivity index (χ3v) is 4.34. The molecule has 0 bridgehead atoms. The van der Waals surface area contributed by atoms with E-state index in [1.807, 2.05) is 7.05 Å². The van der Waals surface area contributed by atoms with Crippen LogP contribution in [0.25, 0.3) is 0 Å². The lowest BCUT2D eigenvalue weighted by molar-refractivity contribution is -0.136. The Morgan fingerprint density at radius 3 is 2.24 bits per heavy atom. The Hall–Kier alpha value is -0.250. The van der Waals surface area contributed by atoms with Gasteiger partial charge in [-0.1, -0.05) is 19.8 Å². The molecule has 0 aliphatic heterocycles. The second kappa shape index (κ2) is 6.07. The second-order valence-corrected chi connectivity index (χ2v) is 5.27. The van der Waals surface area contributed by atoms with Crippen LogP contribution in [0.2, 0.25) is 0 Å². The average Bonchev–Trinajstić information content (AvgIpc) is 2.72. The first-order valence-corrected chi connectivity index (χ1v) is 6.67. The fraction of sp³-hybridized carbons (Fsp3) is 1.00. The molecular weight excluding hydrogens is 227 g/mol. The van der Waals surface area contributed by atoms with Crippen LogP contribution < -0.4 is 5.32 Å². The lowest BCUT2D eigenvalue weighted by Crippen LogP contribution is -2.42. The molecule has 1 fully saturated rings. The molecule has 0 aromatic heterocycles. The van der Waals surface area contributed by atoms with Gasteiger partial charge in [0.25, 0.3) is 0 Å². The number of hydrogen-bond donors (Lipinski definition) is 1. The molecule has 0 aromatic rings. The van der Waals surface area contributed by atoms with Crippen LogP contribution in [0.15, 0.2) is 0 Å². The van der Waals surface area contributed by atoms with Crippen LogP contribution in [-0.4, -0.2) is 19.3 Å². The predicted octanol–water partition coefficient (Wildman–Crippen LogP) is 4.28. The highest BCUT2D eigenvalue weighted by molar-refractivity contribution is 4.93. The van der Waals surface area contributed by atoms with Crippen molar-refractivity contribution in [2.24, 2.45) is 5.41 Å². The van der Waals surface area contributed by atoms with Crippen molar-refractivity contribution in [2.75, 3.05) is 7.05 Å². The van der Waals surface area contributed by atoms with Crippen LogP contribution >= 0.6 is 0 Å². The van der Waals surface area contributed by atoms with Crippen LogP contribution in [0.1, 0.15) is 58.3 Å². The Morgan fingerprint density at radius 1 is 1.24 bits per heavy atom. The van der Waals surface area contributed by atoms with Crippen molar-refractivity contribution in [1.82, 2.24) is 5.32 Å². The maximum Gasteiger partial charge on any atom is 0.389 e. The minimum absolute atomic E-state index is 0.247. The minimum Gasteiger partial charge on any atom is -0.316 e. The van der Waals surface area contributed by atoms with Crippen molar-refractivity contribution in [3.8, 4) is 0 Å². The molecule has 1 rings (SSSR count). The number of hydrogen-bond acceptors (Lipinski definition) is 1. The summed E-state index contributed by atoms with van der Waals surface area (Å²) in [6, 6.07) is 0.248. The van der Waals surface area contributed by atoms with E-state index in [1.165, 1.54) is 25.7 Å². The van der Waals surface area contributed by atoms with Crippen LogP contribution in [0, 0.1) is 5.41 Å². The van der Waals surface area contributed by atoms with Crippen LogP contribution in [0.4, 0.5) is 13.2 Å². The van der Waals surface area contributed by atoms with Crippen molar-refractivity contribution in [2.45, 2.75) is 70.5 Å². The summed E-state index contributed by atoms with van der Waals surface area (Å²) < 4.78 is 36.4. The number of nitrogens with one attached hydrogen (secondary N) is 1. The number of alkyl halides is 3. The van der Waals surface area contributed by atoms with Gasteiger partial charge in [-0.3, -0.25) is 0 Å². The monoisotopic (exact) mass is 251 g/mol. The van der Waals surface area contributed by atoms with Crippen LogP contribution in [0.3, 0.4) is 0 Å². The van der Waals surface area contributed by atoms with Gasteiger partial charge in [0.2, 0.25) is 0 Å². The van der Waals surface area contributed by atoms with E-state index in [2.05, 4.69) is 12.2 Å². The Labute approximate surface area is 102 Å². The third kappa shape index (κ3) is 4.16. The summed E-state index contributed by atoms with van der Waals surface area (Å²) >= 11 is 0. The van der Waals surface area contributed by atoms with Crippen molar-refractivity contribution in [3.05, 3.63) is 0 Å². The summed E-state index contributed by atoms with van der Waals surface area (Å²) in [7, 11) is 1.88. The highest BCUT2D eigenvalue weighted by Gasteiger charge is 2.39. The third-order valence-electron chi connectivity index (χ3n) is 4.34. The molecule has 1 atom stereocenters. The van der Waals surface area contributed by atoms with Crippen LogP contribution in [0.5, 0.6) is 0 Å². The van der Waals surface area contributed by atoms with Gasteiger partial charge in [0.05, 0.1) is 0 Å². The van der Waals surface area contributed by atoms with E-state index in [9.17, 15) is 13.2 Å². The van der Waals surface area contributed by atoms with Gasteiger partial charge in [-0.15, -0.1) is 0 Å². The largest absolute Gasteiger partial charge is 0.389 e. The van der Waals surface area contributed by atoms with Crippen molar-refractivity contribution < 1.29 is 13.2 Å².